The average molecular weight is 310 g/mol. The number of aromatic nitrogens is 1. The fraction of sp³-hybridized carbons (Fsp3) is 0.450. The Bertz CT molecular complexity index is 727. The van der Waals surface area contributed by atoms with Crippen LogP contribution in [-0.4, -0.2) is 10.5 Å². The summed E-state index contributed by atoms with van der Waals surface area (Å²) in [6.07, 6.45) is 3.27. The molecule has 1 aliphatic rings. The van der Waals surface area contributed by atoms with E-state index in [1.165, 1.54) is 11.1 Å². The molecule has 3 rings (SSSR count). The Morgan fingerprint density at radius 3 is 2.70 bits per heavy atom. The van der Waals surface area contributed by atoms with Crippen molar-refractivity contribution in [2.75, 3.05) is 0 Å². The summed E-state index contributed by atoms with van der Waals surface area (Å²) in [6, 6.07) is 11.0. The number of carbonyl (C=O) groups is 1. The first-order valence-corrected chi connectivity index (χ1v) is 8.56. The topological polar surface area (TPSA) is 34.0 Å². The fourth-order valence-electron chi connectivity index (χ4n) is 3.94. The van der Waals surface area contributed by atoms with Crippen molar-refractivity contribution in [1.29, 1.82) is 0 Å². The zero-order valence-electron chi connectivity index (χ0n) is 14.5. The Kier molecular flexibility index (Phi) is 4.29. The summed E-state index contributed by atoms with van der Waals surface area (Å²) < 4.78 is 2.23. The first kappa shape index (κ1) is 15.9. The molecule has 3 nitrogen and oxygen atoms in total. The number of nitrogens with one attached hydrogen (secondary N) is 1. The highest BCUT2D eigenvalue weighted by molar-refractivity contribution is 5.96. The van der Waals surface area contributed by atoms with Gasteiger partial charge in [-0.15, -0.1) is 0 Å². The van der Waals surface area contributed by atoms with E-state index in [1.807, 2.05) is 13.0 Å². The maximum Gasteiger partial charge on any atom is 0.253 e. The van der Waals surface area contributed by atoms with E-state index in [1.54, 1.807) is 0 Å². The monoisotopic (exact) mass is 310 g/mol. The van der Waals surface area contributed by atoms with Crippen molar-refractivity contribution in [3.8, 4) is 0 Å². The molecule has 1 aromatic carbocycles. The Morgan fingerprint density at radius 2 is 2.00 bits per heavy atom. The van der Waals surface area contributed by atoms with E-state index in [9.17, 15) is 4.79 Å². The van der Waals surface area contributed by atoms with Gasteiger partial charge in [0.05, 0.1) is 11.6 Å². The zero-order chi connectivity index (χ0) is 16.6. The van der Waals surface area contributed by atoms with Gasteiger partial charge in [-0.3, -0.25) is 4.79 Å². The number of amides is 1. The fourth-order valence-corrected chi connectivity index (χ4v) is 3.94. The molecule has 0 saturated heterocycles. The van der Waals surface area contributed by atoms with Gasteiger partial charge in [0.2, 0.25) is 0 Å². The summed E-state index contributed by atoms with van der Waals surface area (Å²) in [5.41, 5.74) is 5.66. The normalized spacial score (nSPS) is 17.2. The van der Waals surface area contributed by atoms with Gasteiger partial charge in [-0.25, -0.2) is 0 Å². The van der Waals surface area contributed by atoms with Crippen LogP contribution in [0.15, 0.2) is 30.3 Å². The van der Waals surface area contributed by atoms with E-state index >= 15 is 0 Å². The molecule has 0 saturated carbocycles. The van der Waals surface area contributed by atoms with E-state index < -0.39 is 0 Å². The minimum absolute atomic E-state index is 0.0479. The van der Waals surface area contributed by atoms with Crippen LogP contribution in [0.3, 0.4) is 0 Å². The summed E-state index contributed by atoms with van der Waals surface area (Å²) in [4.78, 5) is 12.8. The number of carbonyl (C=O) groups excluding carboxylic acids is 1. The summed E-state index contributed by atoms with van der Waals surface area (Å²) >= 11 is 0. The number of nitrogens with zero attached hydrogens (tertiary/aromatic N) is 1. The third-order valence-corrected chi connectivity index (χ3v) is 4.92. The molecule has 1 N–H and O–H groups in total. The molecule has 122 valence electrons. The Labute approximate surface area is 138 Å². The first-order chi connectivity index (χ1) is 11.0. The van der Waals surface area contributed by atoms with Crippen LogP contribution in [0.1, 0.15) is 71.6 Å². The van der Waals surface area contributed by atoms with Crippen molar-refractivity contribution in [3.05, 3.63) is 58.4 Å². The van der Waals surface area contributed by atoms with Crippen molar-refractivity contribution in [2.45, 2.75) is 59.0 Å². The predicted molar refractivity (Wildman–Crippen MR) is 93.9 cm³/mol. The second kappa shape index (κ2) is 6.23. The molecule has 1 atom stereocenters. The molecule has 0 bridgehead atoms. The molecule has 0 aliphatic heterocycles. The van der Waals surface area contributed by atoms with Gasteiger partial charge in [0, 0.05) is 17.4 Å². The lowest BCUT2D eigenvalue weighted by Gasteiger charge is -2.26. The van der Waals surface area contributed by atoms with E-state index in [0.717, 1.165) is 36.2 Å². The second-order valence-corrected chi connectivity index (χ2v) is 6.87. The van der Waals surface area contributed by atoms with Gasteiger partial charge in [-0.2, -0.15) is 0 Å². The molecule has 0 spiro atoms. The molecular formula is C20H26N2O. The van der Waals surface area contributed by atoms with E-state index in [0.29, 0.717) is 6.04 Å². The molecule has 0 unspecified atom stereocenters. The lowest BCUT2D eigenvalue weighted by atomic mass is 9.87. The predicted octanol–water partition coefficient (Wildman–Crippen LogP) is 4.49. The summed E-state index contributed by atoms with van der Waals surface area (Å²) in [6.45, 7) is 8.41. The van der Waals surface area contributed by atoms with Crippen molar-refractivity contribution in [3.63, 3.8) is 0 Å². The van der Waals surface area contributed by atoms with E-state index in [-0.39, 0.29) is 11.9 Å². The van der Waals surface area contributed by atoms with Gasteiger partial charge in [-0.05, 0) is 64.2 Å². The standard InChI is InChI=1S/C20H26N2O/c1-13(2)22-14(3)12-18(15(22)4)20(23)21-19-11-7-9-16-8-5-6-10-17(16)19/h5-6,8,10,12-13,19H,7,9,11H2,1-4H3,(H,21,23)/t19-/m1/s1. The maximum atomic E-state index is 12.8. The number of hydrogen-bond acceptors (Lipinski definition) is 1. The van der Waals surface area contributed by atoms with Crippen LogP contribution in [0.2, 0.25) is 0 Å². The number of hydrogen-bond donors (Lipinski definition) is 1. The molecule has 3 heteroatoms. The summed E-state index contributed by atoms with van der Waals surface area (Å²) in [5.74, 6) is 0.0479. The van der Waals surface area contributed by atoms with Crippen LogP contribution >= 0.6 is 0 Å². The lowest BCUT2D eigenvalue weighted by Crippen LogP contribution is -2.31. The minimum Gasteiger partial charge on any atom is -0.346 e. The molecule has 0 radical (unpaired) electrons. The number of fused-ring (bicyclic) bond motifs is 1. The maximum absolute atomic E-state index is 12.8. The highest BCUT2D eigenvalue weighted by Gasteiger charge is 2.24. The molecule has 1 heterocycles. The van der Waals surface area contributed by atoms with Crippen LogP contribution in [0, 0.1) is 13.8 Å². The average Bonchev–Trinajstić information content (AvgIpc) is 2.82. The largest absolute Gasteiger partial charge is 0.346 e. The van der Waals surface area contributed by atoms with Gasteiger partial charge < -0.3 is 9.88 Å². The Hall–Kier alpha value is -2.03. The molecule has 23 heavy (non-hydrogen) atoms. The first-order valence-electron chi connectivity index (χ1n) is 8.56. The number of rotatable bonds is 3. The summed E-state index contributed by atoms with van der Waals surface area (Å²) in [7, 11) is 0. The molecule has 1 aliphatic carbocycles. The van der Waals surface area contributed by atoms with Crippen molar-refractivity contribution in [2.24, 2.45) is 0 Å². The van der Waals surface area contributed by atoms with Crippen LogP contribution in [0.25, 0.3) is 0 Å². The molecule has 0 fully saturated rings. The van der Waals surface area contributed by atoms with Crippen LogP contribution < -0.4 is 5.32 Å². The molecule has 1 amide bonds. The smallest absolute Gasteiger partial charge is 0.253 e. The summed E-state index contributed by atoms with van der Waals surface area (Å²) in [5, 5.41) is 3.26. The lowest BCUT2D eigenvalue weighted by molar-refractivity contribution is 0.0932. The highest BCUT2D eigenvalue weighted by Crippen LogP contribution is 2.30. The quantitative estimate of drug-likeness (QED) is 0.890. The molecule has 2 aromatic rings. The third-order valence-electron chi connectivity index (χ3n) is 4.92. The minimum atomic E-state index is 0.0479. The molecule has 1 aromatic heterocycles. The third kappa shape index (κ3) is 2.92. The van der Waals surface area contributed by atoms with Gasteiger partial charge in [-0.1, -0.05) is 24.3 Å². The number of benzene rings is 1. The van der Waals surface area contributed by atoms with Crippen molar-refractivity contribution < 1.29 is 4.79 Å². The van der Waals surface area contributed by atoms with Crippen LogP contribution in [0.5, 0.6) is 0 Å². The van der Waals surface area contributed by atoms with Gasteiger partial charge >= 0.3 is 0 Å². The Balaban J connectivity index is 1.85. The van der Waals surface area contributed by atoms with Gasteiger partial charge in [0.1, 0.15) is 0 Å². The number of aryl methyl sites for hydroxylation is 2. The van der Waals surface area contributed by atoms with E-state index in [2.05, 4.69) is 54.9 Å². The highest BCUT2D eigenvalue weighted by atomic mass is 16.1. The van der Waals surface area contributed by atoms with Crippen LogP contribution in [-0.2, 0) is 6.42 Å². The Morgan fingerprint density at radius 1 is 1.26 bits per heavy atom. The van der Waals surface area contributed by atoms with Gasteiger partial charge in [0.25, 0.3) is 5.91 Å². The molecular weight excluding hydrogens is 284 g/mol. The SMILES string of the molecule is Cc1cc(C(=O)N[C@@H]2CCCc3ccccc32)c(C)n1C(C)C. The van der Waals surface area contributed by atoms with Crippen molar-refractivity contribution in [1.82, 2.24) is 9.88 Å². The zero-order valence-corrected chi connectivity index (χ0v) is 14.5. The van der Waals surface area contributed by atoms with Crippen LogP contribution in [0.4, 0.5) is 0 Å². The van der Waals surface area contributed by atoms with Gasteiger partial charge in [0.15, 0.2) is 0 Å². The second-order valence-electron chi connectivity index (χ2n) is 6.87. The van der Waals surface area contributed by atoms with E-state index in [4.69, 9.17) is 0 Å². The van der Waals surface area contributed by atoms with Crippen molar-refractivity contribution >= 4 is 5.91 Å².